The van der Waals surface area contributed by atoms with Crippen molar-refractivity contribution in [1.82, 2.24) is 67.1 Å². The molecule has 0 saturated carbocycles. The number of benzene rings is 2. The standard InChI is InChI=1S/C74H117N13O15/c1-36(2)33-50-63(90)79-56(41(11)12)71(98)86(22)60(43(15)16)73(100)85(21)51(34-47-35-76-49-32-28-27-31-48(47)49)64(91)77-53(38(5)6)67(94)83-59(62(89)46-29-25-24-26-30-46)68(95)81-57(42(13)14)74(101)102-45(18)58(82-66(93)54(39(7)8)78-65(92)52(75-19)37(3)4)72(99)87(23)61(44(17)88)69(96)80-55(40(9)10)70(97)84(50)20/h24-32,35-45,50-62,75-76,88-89H,33-34H2,1-23H3,(H,77,91)(H,78,92)(H,79,90)(H,80,96)(H,81,95)(H,82,93)(H,83,94)/t44-,45-,50+,51+,52+,53+,54+,55+,56+,57+,58+,59+,60+,61+,62-/m1/s1. The highest BCUT2D eigenvalue weighted by molar-refractivity contribution is 6.00. The van der Waals surface area contributed by atoms with E-state index in [9.17, 15) is 34.2 Å². The number of likely N-dealkylation sites (N-methyl/N-ethyl adjacent to an activating group) is 5. The van der Waals surface area contributed by atoms with Gasteiger partial charge in [0.25, 0.3) is 0 Å². The van der Waals surface area contributed by atoms with Crippen LogP contribution in [0.2, 0.25) is 0 Å². The summed E-state index contributed by atoms with van der Waals surface area (Å²) in [5, 5.41) is 46.5. The third kappa shape index (κ3) is 21.8. The van der Waals surface area contributed by atoms with Crippen molar-refractivity contribution in [3.63, 3.8) is 0 Å². The Morgan fingerprint density at radius 1 is 0.500 bits per heavy atom. The summed E-state index contributed by atoms with van der Waals surface area (Å²) in [6, 6.07) is -2.51. The number of carbonyl (C=O) groups excluding carboxylic acids is 12. The number of para-hydroxylation sites is 1. The van der Waals surface area contributed by atoms with Gasteiger partial charge < -0.3 is 82.1 Å². The molecule has 1 aromatic heterocycles. The van der Waals surface area contributed by atoms with E-state index in [0.29, 0.717) is 5.56 Å². The molecule has 3 aromatic rings. The molecule has 28 nitrogen and oxygen atoms in total. The first-order valence-electron chi connectivity index (χ1n) is 35.6. The number of ether oxygens (including phenoxy) is 1. The number of esters is 1. The minimum atomic E-state index is -1.94. The fourth-order valence-electron chi connectivity index (χ4n) is 12.8. The lowest BCUT2D eigenvalue weighted by molar-refractivity contribution is -0.160. The van der Waals surface area contributed by atoms with Crippen LogP contribution >= 0.6 is 0 Å². The predicted octanol–water partition coefficient (Wildman–Crippen LogP) is 2.70. The Morgan fingerprint density at radius 3 is 1.47 bits per heavy atom. The van der Waals surface area contributed by atoms with Crippen LogP contribution in [0.5, 0.6) is 0 Å². The zero-order chi connectivity index (χ0) is 77.4. The predicted molar refractivity (Wildman–Crippen MR) is 387 cm³/mol. The van der Waals surface area contributed by atoms with E-state index in [1.165, 1.54) is 56.9 Å². The summed E-state index contributed by atoms with van der Waals surface area (Å²) in [4.78, 5) is 187. The number of aliphatic hydroxyl groups excluding tert-OH is 2. The number of H-pyrrole nitrogens is 1. The quantitative estimate of drug-likeness (QED) is 0.0769. The average molecular weight is 1430 g/mol. The molecule has 0 radical (unpaired) electrons. The molecule has 2 aromatic carbocycles. The van der Waals surface area contributed by atoms with Crippen LogP contribution in [0.1, 0.15) is 148 Å². The average Bonchev–Trinajstić information content (AvgIpc) is 1.29. The van der Waals surface area contributed by atoms with Gasteiger partial charge in [0.15, 0.2) is 0 Å². The minimum absolute atomic E-state index is 0.0534. The molecule has 1 fully saturated rings. The van der Waals surface area contributed by atoms with Crippen LogP contribution in [0.25, 0.3) is 10.9 Å². The molecule has 1 saturated heterocycles. The maximum atomic E-state index is 15.5. The number of aromatic nitrogens is 1. The second-order valence-electron chi connectivity index (χ2n) is 30.0. The first-order valence-corrected chi connectivity index (χ1v) is 35.6. The lowest BCUT2D eigenvalue weighted by atomic mass is 9.95. The van der Waals surface area contributed by atoms with Crippen molar-refractivity contribution >= 4 is 81.9 Å². The molecule has 4 rings (SSSR count). The first kappa shape index (κ1) is 85.9. The molecule has 0 unspecified atom stereocenters. The maximum absolute atomic E-state index is 15.5. The van der Waals surface area contributed by atoms with Crippen molar-refractivity contribution in [1.29, 1.82) is 0 Å². The number of carbonyl (C=O) groups is 12. The second kappa shape index (κ2) is 38.1. The van der Waals surface area contributed by atoms with Crippen LogP contribution in [0.3, 0.4) is 0 Å². The number of amides is 11. The molecule has 568 valence electrons. The highest BCUT2D eigenvalue weighted by Crippen LogP contribution is 2.26. The number of hydrogen-bond donors (Lipinski definition) is 11. The molecule has 15 atom stereocenters. The van der Waals surface area contributed by atoms with Crippen LogP contribution in [-0.4, -0.2) is 226 Å². The highest BCUT2D eigenvalue weighted by atomic mass is 16.5. The van der Waals surface area contributed by atoms with E-state index >= 15 is 33.6 Å². The largest absolute Gasteiger partial charge is 0.458 e. The van der Waals surface area contributed by atoms with Gasteiger partial charge in [0.1, 0.15) is 78.7 Å². The summed E-state index contributed by atoms with van der Waals surface area (Å²) in [6.07, 6.45) is -3.62. The molecule has 0 bridgehead atoms. The summed E-state index contributed by atoms with van der Waals surface area (Å²) in [5.74, 6) is -15.3. The van der Waals surface area contributed by atoms with Gasteiger partial charge in [-0.1, -0.05) is 159 Å². The molecule has 11 N–H and O–H groups in total. The number of fused-ring (bicyclic) bond motifs is 1. The van der Waals surface area contributed by atoms with E-state index in [4.69, 9.17) is 4.74 Å². The Bertz CT molecular complexity index is 3390. The van der Waals surface area contributed by atoms with Crippen LogP contribution in [0.4, 0.5) is 0 Å². The maximum Gasteiger partial charge on any atom is 0.329 e. The molecule has 1 aliphatic heterocycles. The normalized spacial score (nSPS) is 25.2. The van der Waals surface area contributed by atoms with Crippen molar-refractivity contribution in [3.05, 3.63) is 71.9 Å². The lowest BCUT2D eigenvalue weighted by Gasteiger charge is -2.39. The molecule has 0 aliphatic carbocycles. The molecule has 102 heavy (non-hydrogen) atoms. The second-order valence-corrected chi connectivity index (χ2v) is 30.0. The summed E-state index contributed by atoms with van der Waals surface area (Å²) in [6.45, 7) is 29.4. The Labute approximate surface area is 601 Å². The van der Waals surface area contributed by atoms with Gasteiger partial charge in [-0.15, -0.1) is 0 Å². The lowest BCUT2D eigenvalue weighted by Crippen LogP contribution is -2.65. The van der Waals surface area contributed by atoms with E-state index in [1.807, 2.05) is 38.1 Å². The van der Waals surface area contributed by atoms with Crippen molar-refractivity contribution in [2.75, 3.05) is 35.2 Å². The first-order chi connectivity index (χ1) is 47.5. The smallest absolute Gasteiger partial charge is 0.329 e. The summed E-state index contributed by atoms with van der Waals surface area (Å²) < 4.78 is 6.05. The summed E-state index contributed by atoms with van der Waals surface area (Å²) in [7, 11) is 6.91. The van der Waals surface area contributed by atoms with Gasteiger partial charge in [-0.05, 0) is 91.9 Å². The van der Waals surface area contributed by atoms with Crippen molar-refractivity contribution in [2.24, 2.45) is 47.3 Å². The minimum Gasteiger partial charge on any atom is -0.458 e. The third-order valence-electron chi connectivity index (χ3n) is 19.0. The summed E-state index contributed by atoms with van der Waals surface area (Å²) in [5.41, 5.74) is 1.49. The molecule has 1 aliphatic rings. The Morgan fingerprint density at radius 2 is 0.961 bits per heavy atom. The van der Waals surface area contributed by atoms with E-state index in [2.05, 4.69) is 47.5 Å². The number of cyclic esters (lactones) is 1. The van der Waals surface area contributed by atoms with Crippen LogP contribution < -0.4 is 42.5 Å². The number of aliphatic hydroxyl groups is 2. The Hall–Kier alpha value is -8.50. The van der Waals surface area contributed by atoms with Gasteiger partial charge >= 0.3 is 5.97 Å². The molecule has 0 spiro atoms. The number of rotatable bonds is 19. The number of nitrogens with zero attached hydrogens (tertiary/aromatic N) is 4. The van der Waals surface area contributed by atoms with Gasteiger partial charge in [-0.2, -0.15) is 0 Å². The third-order valence-corrected chi connectivity index (χ3v) is 19.0. The SMILES string of the molecule is CN[C@H](C(=O)N[C@H](C(=O)N[C@@H]1C(=O)N(C)[C@@H]([C@@H](C)O)C(=O)N[C@@H](C(C)C)C(=O)N(C)[C@@H](CC(C)C)C(=O)N[C@@H](C(C)C)C(=O)N(C)[C@@H](C(C)C)C(=O)N(C)[C@@H](Cc2c[nH]c3ccccc23)C(=O)N[C@@H](C(C)C)C(=O)N[C@@H]([C@H](O)c2ccccc2)C(=O)N[C@@H](C(C)C)C(=O)O[C@@H]1C)C(C)C)C(C)C. The monoisotopic (exact) mass is 1430 g/mol. The highest BCUT2D eigenvalue weighted by Gasteiger charge is 2.46. The van der Waals surface area contributed by atoms with Gasteiger partial charge in [-0.25, -0.2) is 4.79 Å². The van der Waals surface area contributed by atoms with E-state index in [1.54, 1.807) is 128 Å². The molecule has 28 heteroatoms. The number of aromatic amines is 1. The van der Waals surface area contributed by atoms with Crippen molar-refractivity contribution < 1.29 is 72.5 Å². The van der Waals surface area contributed by atoms with Crippen LogP contribution in [0.15, 0.2) is 60.8 Å². The molecule has 11 amide bonds. The van der Waals surface area contributed by atoms with Gasteiger partial charge in [-0.3, -0.25) is 52.7 Å². The topological polar surface area (TPSA) is 380 Å². The number of hydrogen-bond acceptors (Lipinski definition) is 16. The fraction of sp³-hybridized carbons (Fsp3) is 0.649. The molecule has 2 heterocycles. The van der Waals surface area contributed by atoms with Gasteiger partial charge in [0, 0.05) is 51.7 Å². The van der Waals surface area contributed by atoms with Crippen LogP contribution in [0, 0.1) is 47.3 Å². The zero-order valence-corrected chi connectivity index (χ0v) is 64.0. The van der Waals surface area contributed by atoms with E-state index in [-0.39, 0.29) is 30.2 Å². The Kier molecular flexibility index (Phi) is 32.1. The molecular weight excluding hydrogens is 1310 g/mol. The van der Waals surface area contributed by atoms with Crippen molar-refractivity contribution in [3.8, 4) is 0 Å². The number of nitrogens with one attached hydrogen (secondary N) is 9. The van der Waals surface area contributed by atoms with E-state index in [0.717, 1.165) is 27.8 Å². The Balaban J connectivity index is 2.04. The fourth-order valence-corrected chi connectivity index (χ4v) is 12.8. The summed E-state index contributed by atoms with van der Waals surface area (Å²) >= 11 is 0. The van der Waals surface area contributed by atoms with Crippen LogP contribution in [-0.2, 0) is 68.7 Å². The van der Waals surface area contributed by atoms with Crippen molar-refractivity contribution in [2.45, 2.75) is 228 Å². The molecular formula is C74H117N13O15. The van der Waals surface area contributed by atoms with E-state index < -0.39 is 197 Å². The zero-order valence-electron chi connectivity index (χ0n) is 64.0. The van der Waals surface area contributed by atoms with Gasteiger partial charge in [0.2, 0.25) is 65.0 Å². The van der Waals surface area contributed by atoms with Gasteiger partial charge in [0.05, 0.1) is 12.1 Å².